The Bertz CT molecular complexity index is 666. The van der Waals surface area contributed by atoms with Crippen LogP contribution in [0.2, 0.25) is 0 Å². The predicted octanol–water partition coefficient (Wildman–Crippen LogP) is 3.19. The molecule has 2 rings (SSSR count). The maximum absolute atomic E-state index is 5.94. The van der Waals surface area contributed by atoms with Crippen molar-refractivity contribution < 1.29 is 4.74 Å². The van der Waals surface area contributed by atoms with E-state index >= 15 is 0 Å². The third-order valence-corrected chi connectivity index (χ3v) is 3.52. The van der Waals surface area contributed by atoms with Crippen molar-refractivity contribution in [3.63, 3.8) is 0 Å². The monoisotopic (exact) mass is 443 g/mol. The number of hydrogen-bond acceptors (Lipinski definition) is 3. The normalized spacial score (nSPS) is 12.4. The number of aromatic nitrogens is 2. The number of benzene rings is 1. The van der Waals surface area contributed by atoms with E-state index in [0.29, 0.717) is 18.4 Å². The predicted molar refractivity (Wildman–Crippen MR) is 109 cm³/mol. The zero-order valence-electron chi connectivity index (χ0n) is 14.6. The summed E-state index contributed by atoms with van der Waals surface area (Å²) in [6, 6.07) is 9.64. The molecule has 0 radical (unpaired) electrons. The van der Waals surface area contributed by atoms with Crippen molar-refractivity contribution in [3.8, 4) is 5.75 Å². The van der Waals surface area contributed by atoms with E-state index in [4.69, 9.17) is 10.5 Å². The van der Waals surface area contributed by atoms with E-state index in [-0.39, 0.29) is 24.0 Å². The van der Waals surface area contributed by atoms with E-state index in [1.165, 1.54) is 5.69 Å². The summed E-state index contributed by atoms with van der Waals surface area (Å²) >= 11 is 0. The van der Waals surface area contributed by atoms with E-state index in [9.17, 15) is 0 Å². The van der Waals surface area contributed by atoms with Crippen LogP contribution in [0.1, 0.15) is 18.3 Å². The summed E-state index contributed by atoms with van der Waals surface area (Å²) in [6.07, 6.45) is 0. The Morgan fingerprint density at radius 1 is 1.33 bits per heavy atom. The Morgan fingerprint density at radius 3 is 2.54 bits per heavy atom. The molecule has 1 atom stereocenters. The fraction of sp³-hybridized carbons (Fsp3) is 0.412. The van der Waals surface area contributed by atoms with Crippen LogP contribution in [-0.4, -0.2) is 29.4 Å². The molecule has 0 amide bonds. The lowest BCUT2D eigenvalue weighted by atomic mass is 10.2. The standard InChI is InChI=1S/C17H25N5O.HI/c1-12(11-22-14(3)9-13(2)21-22)10-19-17(18)20-15-5-7-16(23-4)8-6-15;/h5-9,12H,10-11H2,1-4H3,(H3,18,19,20);1H. The number of anilines is 1. The van der Waals surface area contributed by atoms with E-state index in [0.717, 1.165) is 23.7 Å². The Labute approximate surface area is 160 Å². The molecule has 0 saturated heterocycles. The van der Waals surface area contributed by atoms with Crippen LogP contribution < -0.4 is 15.8 Å². The highest BCUT2D eigenvalue weighted by atomic mass is 127. The fourth-order valence-electron chi connectivity index (χ4n) is 2.33. The van der Waals surface area contributed by atoms with Gasteiger partial charge in [-0.15, -0.1) is 24.0 Å². The summed E-state index contributed by atoms with van der Waals surface area (Å²) in [4.78, 5) is 4.41. The van der Waals surface area contributed by atoms with Crippen molar-refractivity contribution >= 4 is 35.6 Å². The maximum atomic E-state index is 5.94. The first kappa shape index (κ1) is 20.3. The lowest BCUT2D eigenvalue weighted by Crippen LogP contribution is -2.24. The van der Waals surface area contributed by atoms with Gasteiger partial charge in [0.15, 0.2) is 5.96 Å². The highest BCUT2D eigenvalue weighted by Gasteiger charge is 2.07. The number of nitrogens with two attached hydrogens (primary N) is 1. The van der Waals surface area contributed by atoms with Crippen molar-refractivity contribution in [1.29, 1.82) is 0 Å². The van der Waals surface area contributed by atoms with Gasteiger partial charge >= 0.3 is 0 Å². The third-order valence-electron chi connectivity index (χ3n) is 3.52. The van der Waals surface area contributed by atoms with Gasteiger partial charge in [0, 0.05) is 24.5 Å². The molecule has 0 aliphatic carbocycles. The van der Waals surface area contributed by atoms with Crippen LogP contribution in [0.25, 0.3) is 0 Å². The second kappa shape index (κ2) is 9.51. The van der Waals surface area contributed by atoms with Gasteiger partial charge < -0.3 is 15.8 Å². The molecule has 0 bridgehead atoms. The number of ether oxygens (including phenoxy) is 1. The smallest absolute Gasteiger partial charge is 0.193 e. The van der Waals surface area contributed by atoms with Crippen molar-refractivity contribution in [2.24, 2.45) is 16.6 Å². The summed E-state index contributed by atoms with van der Waals surface area (Å²) in [6.45, 7) is 7.69. The maximum Gasteiger partial charge on any atom is 0.193 e. The average molecular weight is 443 g/mol. The molecule has 24 heavy (non-hydrogen) atoms. The highest BCUT2D eigenvalue weighted by Crippen LogP contribution is 2.14. The number of halogens is 1. The van der Waals surface area contributed by atoms with Gasteiger partial charge in [0.25, 0.3) is 0 Å². The Morgan fingerprint density at radius 2 is 2.00 bits per heavy atom. The Balaban J connectivity index is 0.00000288. The number of aryl methyl sites for hydroxylation is 2. The SMILES string of the molecule is COc1ccc(NC(N)=NCC(C)Cn2nc(C)cc2C)cc1.I. The molecule has 0 saturated carbocycles. The number of rotatable bonds is 6. The summed E-state index contributed by atoms with van der Waals surface area (Å²) in [5, 5.41) is 7.55. The first-order valence-electron chi connectivity index (χ1n) is 7.70. The van der Waals surface area contributed by atoms with Crippen molar-refractivity contribution in [2.75, 3.05) is 19.0 Å². The summed E-state index contributed by atoms with van der Waals surface area (Å²) in [5.41, 5.74) is 9.03. The summed E-state index contributed by atoms with van der Waals surface area (Å²) in [7, 11) is 1.64. The number of hydrogen-bond donors (Lipinski definition) is 2. The van der Waals surface area contributed by atoms with E-state index < -0.39 is 0 Å². The zero-order valence-corrected chi connectivity index (χ0v) is 16.9. The Kier molecular flexibility index (Phi) is 8.03. The number of aliphatic imine (C=N–C) groups is 1. The van der Waals surface area contributed by atoms with Gasteiger partial charge in [-0.05, 0) is 50.1 Å². The van der Waals surface area contributed by atoms with Crippen LogP contribution in [0.5, 0.6) is 5.75 Å². The van der Waals surface area contributed by atoms with Gasteiger partial charge in [0.05, 0.1) is 12.8 Å². The molecule has 2 aromatic rings. The van der Waals surface area contributed by atoms with Gasteiger partial charge in [-0.25, -0.2) is 0 Å². The molecule has 1 aromatic heterocycles. The van der Waals surface area contributed by atoms with Crippen molar-refractivity contribution in [1.82, 2.24) is 9.78 Å². The Hall–Kier alpha value is -1.77. The topological polar surface area (TPSA) is 77.5 Å². The van der Waals surface area contributed by atoms with Gasteiger partial charge in [0.2, 0.25) is 0 Å². The molecule has 132 valence electrons. The zero-order chi connectivity index (χ0) is 16.8. The number of nitrogens with zero attached hydrogens (tertiary/aromatic N) is 3. The molecule has 1 unspecified atom stereocenters. The molecule has 3 N–H and O–H groups in total. The van der Waals surface area contributed by atoms with Gasteiger partial charge in [-0.1, -0.05) is 6.92 Å². The quantitative estimate of drug-likeness (QED) is 0.409. The van der Waals surface area contributed by atoms with Crippen molar-refractivity contribution in [3.05, 3.63) is 41.7 Å². The molecular formula is C17H26IN5O. The average Bonchev–Trinajstić information content (AvgIpc) is 2.83. The number of methoxy groups -OCH3 is 1. The summed E-state index contributed by atoms with van der Waals surface area (Å²) in [5.74, 6) is 1.57. The van der Waals surface area contributed by atoms with E-state index in [1.807, 2.05) is 35.9 Å². The molecule has 0 fully saturated rings. The van der Waals surface area contributed by atoms with Gasteiger partial charge in [-0.2, -0.15) is 5.10 Å². The number of nitrogens with one attached hydrogen (secondary N) is 1. The fourth-order valence-corrected chi connectivity index (χ4v) is 2.33. The van der Waals surface area contributed by atoms with Crippen LogP contribution in [0.15, 0.2) is 35.3 Å². The van der Waals surface area contributed by atoms with Crippen LogP contribution in [0.3, 0.4) is 0 Å². The third kappa shape index (κ3) is 6.03. The highest BCUT2D eigenvalue weighted by molar-refractivity contribution is 14.0. The largest absolute Gasteiger partial charge is 0.497 e. The molecule has 1 aromatic carbocycles. The van der Waals surface area contributed by atoms with Crippen LogP contribution in [0, 0.1) is 19.8 Å². The molecule has 0 aliphatic heterocycles. The van der Waals surface area contributed by atoms with Crippen LogP contribution >= 0.6 is 24.0 Å². The second-order valence-electron chi connectivity index (χ2n) is 5.79. The number of guanidine groups is 1. The first-order valence-corrected chi connectivity index (χ1v) is 7.70. The minimum Gasteiger partial charge on any atom is -0.497 e. The molecule has 7 heteroatoms. The first-order chi connectivity index (χ1) is 11.0. The minimum absolute atomic E-state index is 0. The molecule has 6 nitrogen and oxygen atoms in total. The van der Waals surface area contributed by atoms with E-state index in [1.54, 1.807) is 7.11 Å². The lowest BCUT2D eigenvalue weighted by molar-refractivity contribution is 0.415. The van der Waals surface area contributed by atoms with Gasteiger partial charge in [0.1, 0.15) is 5.75 Å². The molecular weight excluding hydrogens is 417 g/mol. The van der Waals surface area contributed by atoms with Gasteiger partial charge in [-0.3, -0.25) is 9.67 Å². The molecule has 0 aliphatic rings. The van der Waals surface area contributed by atoms with Crippen molar-refractivity contribution in [2.45, 2.75) is 27.3 Å². The molecule has 0 spiro atoms. The van der Waals surface area contributed by atoms with E-state index in [2.05, 4.69) is 35.3 Å². The lowest BCUT2D eigenvalue weighted by Gasteiger charge is -2.12. The minimum atomic E-state index is 0. The summed E-state index contributed by atoms with van der Waals surface area (Å²) < 4.78 is 7.14. The van der Waals surface area contributed by atoms with Crippen LogP contribution in [0.4, 0.5) is 5.69 Å². The molecule has 1 heterocycles. The second-order valence-corrected chi connectivity index (χ2v) is 5.79. The van der Waals surface area contributed by atoms with Crippen LogP contribution in [-0.2, 0) is 6.54 Å².